The molecular weight excluding hydrogens is 481 g/mol. The van der Waals surface area contributed by atoms with E-state index in [1.54, 1.807) is 12.1 Å². The van der Waals surface area contributed by atoms with Gasteiger partial charge in [-0.25, -0.2) is 0 Å². The Kier molecular flexibility index (Phi) is 9.89. The van der Waals surface area contributed by atoms with Crippen LogP contribution in [0.2, 0.25) is 9.88 Å². The maximum Gasteiger partial charge on any atom is 0.0629 e. The Morgan fingerprint density at radius 3 is 2.52 bits per heavy atom. The van der Waals surface area contributed by atoms with Crippen molar-refractivity contribution in [1.82, 2.24) is 5.43 Å². The molecule has 2 rings (SSSR count). The van der Waals surface area contributed by atoms with E-state index >= 15 is 0 Å². The molecule has 0 saturated heterocycles. The van der Waals surface area contributed by atoms with Crippen LogP contribution in [0, 0.1) is 0 Å². The van der Waals surface area contributed by atoms with Gasteiger partial charge in [0.25, 0.3) is 0 Å². The normalized spacial score (nSPS) is 10.7. The summed E-state index contributed by atoms with van der Waals surface area (Å²) in [6.45, 7) is 0. The smallest absolute Gasteiger partial charge is 0.0629 e. The third-order valence-electron chi connectivity index (χ3n) is 2.32. The molecule has 0 radical (unpaired) electrons. The molecule has 2 aromatic rings. The Hall–Kier alpha value is -1.12. The van der Waals surface area contributed by atoms with Crippen molar-refractivity contribution >= 4 is 66.8 Å². The Bertz CT molecular complexity index is 666. The van der Waals surface area contributed by atoms with Gasteiger partial charge in [-0.2, -0.15) is 5.10 Å². The maximum atomic E-state index is 11.5. The number of amidine groups is 1. The monoisotopic (exact) mass is 497 g/mol. The maximum absolute atomic E-state index is 11.5. The minimum Gasteiger partial charge on any atom is -0.872 e. The van der Waals surface area contributed by atoms with E-state index < -0.39 is 0 Å². The van der Waals surface area contributed by atoms with Crippen LogP contribution in [0.25, 0.3) is 0 Å². The number of para-hydroxylation sites is 1. The third-order valence-corrected chi connectivity index (χ3v) is 3.00. The van der Waals surface area contributed by atoms with Gasteiger partial charge in [-0.3, -0.25) is 10.4 Å². The van der Waals surface area contributed by atoms with Crippen molar-refractivity contribution in [3.05, 3.63) is 58.6 Å². The second-order valence-corrected chi connectivity index (χ2v) is 8.46. The summed E-state index contributed by atoms with van der Waals surface area (Å²) in [5.74, 6) is -0.107. The van der Waals surface area contributed by atoms with Crippen LogP contribution in [0.3, 0.4) is 0 Å². The molecule has 0 bridgehead atoms. The number of rotatable bonds is 3. The predicted molar refractivity (Wildman–Crippen MR) is 103 cm³/mol. The quantitative estimate of drug-likeness (QED) is 0.233. The van der Waals surface area contributed by atoms with E-state index in [2.05, 4.69) is 41.3 Å². The molecule has 0 fully saturated rings. The zero-order valence-electron chi connectivity index (χ0n) is 12.8. The molecule has 0 aliphatic heterocycles. The van der Waals surface area contributed by atoms with Crippen LogP contribution >= 0.6 is 15.9 Å². The Labute approximate surface area is 160 Å². The summed E-state index contributed by atoms with van der Waals surface area (Å²) in [5.41, 5.74) is 3.82. The predicted octanol–water partition coefficient (Wildman–Crippen LogP) is 3.47. The number of halogens is 1. The van der Waals surface area contributed by atoms with E-state index in [1.165, 1.54) is 12.3 Å². The van der Waals surface area contributed by atoms with Crippen LogP contribution in [0.15, 0.2) is 63.1 Å². The van der Waals surface area contributed by atoms with Gasteiger partial charge in [-0.1, -0.05) is 45.9 Å². The van der Waals surface area contributed by atoms with Crippen LogP contribution in [0.1, 0.15) is 5.56 Å². The molecule has 0 atom stereocenters. The molecule has 0 unspecified atom stereocenters. The number of benzene rings is 2. The number of hydrogen-bond acceptors (Lipinski definition) is 4. The molecule has 0 amide bonds. The van der Waals surface area contributed by atoms with Crippen LogP contribution in [0.5, 0.6) is 5.75 Å². The SMILES string of the molecule is [CH3][Sn+2][CH3].[O-]c1ccc(Br)cc1/C=N/NC([S-])=Nc1ccccc1. The van der Waals surface area contributed by atoms with Crippen molar-refractivity contribution in [1.29, 1.82) is 0 Å². The number of nitrogens with one attached hydrogen (secondary N) is 1. The number of hydrazone groups is 1. The van der Waals surface area contributed by atoms with Gasteiger partial charge in [0.2, 0.25) is 0 Å². The van der Waals surface area contributed by atoms with E-state index in [4.69, 9.17) is 12.6 Å². The van der Waals surface area contributed by atoms with Crippen LogP contribution in [-0.4, -0.2) is 32.5 Å². The van der Waals surface area contributed by atoms with Gasteiger partial charge in [0.1, 0.15) is 0 Å². The van der Waals surface area contributed by atoms with E-state index in [0.29, 0.717) is 5.56 Å². The molecule has 1 N–H and O–H groups in total. The van der Waals surface area contributed by atoms with Crippen molar-refractivity contribution in [3.8, 4) is 5.75 Å². The summed E-state index contributed by atoms with van der Waals surface area (Å²) < 4.78 is 0.815. The molecule has 0 aliphatic carbocycles. The fraction of sp³-hybridized carbons (Fsp3) is 0.125. The van der Waals surface area contributed by atoms with Crippen molar-refractivity contribution in [3.63, 3.8) is 0 Å². The topological polar surface area (TPSA) is 59.8 Å². The van der Waals surface area contributed by atoms with Crippen molar-refractivity contribution in [2.45, 2.75) is 9.88 Å². The van der Waals surface area contributed by atoms with E-state index in [-0.39, 0.29) is 32.1 Å². The summed E-state index contributed by atoms with van der Waals surface area (Å²) in [5, 5.41) is 15.7. The molecule has 0 aliphatic rings. The first-order chi connectivity index (χ1) is 11.1. The Morgan fingerprint density at radius 2 is 1.87 bits per heavy atom. The minimum atomic E-state index is -0.107. The first kappa shape index (κ1) is 19.9. The molecule has 7 heteroatoms. The van der Waals surface area contributed by atoms with Gasteiger partial charge in [-0.05, 0) is 29.8 Å². The fourth-order valence-electron chi connectivity index (χ4n) is 1.42. The average molecular weight is 497 g/mol. The van der Waals surface area contributed by atoms with Gasteiger partial charge >= 0.3 is 31.0 Å². The minimum absolute atomic E-state index is 0.107. The largest absolute Gasteiger partial charge is 0.872 e. The second-order valence-electron chi connectivity index (χ2n) is 4.30. The average Bonchev–Trinajstić information content (AvgIpc) is 2.52. The van der Waals surface area contributed by atoms with Gasteiger partial charge in [0, 0.05) is 9.64 Å². The molecule has 23 heavy (non-hydrogen) atoms. The van der Waals surface area contributed by atoms with Crippen LogP contribution in [-0.2, 0) is 12.6 Å². The van der Waals surface area contributed by atoms with E-state index in [9.17, 15) is 5.11 Å². The van der Waals surface area contributed by atoms with Crippen molar-refractivity contribution in [2.24, 2.45) is 10.1 Å². The van der Waals surface area contributed by atoms with E-state index in [0.717, 1.165) is 10.2 Å². The van der Waals surface area contributed by atoms with Crippen molar-refractivity contribution in [2.75, 3.05) is 0 Å². The standard InChI is InChI=1S/C14H12BrN3OS.2CH3.Sn/c15-11-6-7-13(19)10(8-11)9-16-18-14(20)17-12-4-2-1-3-5-12;;;/h1-9,19H,(H2,17,18,20);2*1H3;/q;;;+2/p-2/b16-9+;;;. The van der Waals surface area contributed by atoms with Gasteiger partial charge < -0.3 is 17.7 Å². The summed E-state index contributed by atoms with van der Waals surface area (Å²) in [6.07, 6.45) is 1.42. The molecule has 0 heterocycles. The van der Waals surface area contributed by atoms with Gasteiger partial charge in [0.05, 0.1) is 11.9 Å². The number of nitrogens with zero attached hydrogens (tertiary/aromatic N) is 2. The first-order valence-electron chi connectivity index (χ1n) is 6.71. The number of hydrogen-bond donors (Lipinski definition) is 1. The zero-order valence-corrected chi connectivity index (χ0v) is 18.0. The third kappa shape index (κ3) is 8.34. The Balaban J connectivity index is 0.000000816. The Morgan fingerprint density at radius 1 is 1.22 bits per heavy atom. The van der Waals surface area contributed by atoms with Gasteiger partial charge in [0.15, 0.2) is 0 Å². The summed E-state index contributed by atoms with van der Waals surface area (Å²) in [4.78, 5) is 8.74. The number of aliphatic imine (C=N–C) groups is 1. The molecule has 118 valence electrons. The molecular formula is C16H16BrN3OSSn. The van der Waals surface area contributed by atoms with Gasteiger partial charge in [-0.15, -0.1) is 0 Å². The van der Waals surface area contributed by atoms with Crippen molar-refractivity contribution < 1.29 is 5.11 Å². The zero-order chi connectivity index (χ0) is 17.1. The summed E-state index contributed by atoms with van der Waals surface area (Å²) in [7, 11) is 0. The molecule has 2 aromatic carbocycles. The fourth-order valence-corrected chi connectivity index (χ4v) is 1.96. The van der Waals surface area contributed by atoms with Crippen LogP contribution in [0.4, 0.5) is 5.69 Å². The summed E-state index contributed by atoms with van der Waals surface area (Å²) in [6, 6.07) is 14.2. The second kappa shape index (κ2) is 11.4. The molecule has 4 nitrogen and oxygen atoms in total. The molecule has 0 aromatic heterocycles. The first-order valence-corrected chi connectivity index (χ1v) is 13.6. The van der Waals surface area contributed by atoms with E-state index in [1.807, 2.05) is 30.3 Å². The van der Waals surface area contributed by atoms with Crippen LogP contribution < -0.4 is 10.5 Å². The molecule has 0 spiro atoms. The summed E-state index contributed by atoms with van der Waals surface area (Å²) >= 11 is 8.56. The molecule has 0 saturated carbocycles.